The van der Waals surface area contributed by atoms with Crippen LogP contribution in [0, 0.1) is 0 Å². The van der Waals surface area contributed by atoms with Crippen LogP contribution in [0.4, 0.5) is 5.82 Å². The third-order valence-corrected chi connectivity index (χ3v) is 1.94. The van der Waals surface area contributed by atoms with Crippen molar-refractivity contribution < 1.29 is 9.90 Å². The Labute approximate surface area is 76.2 Å². The number of rotatable bonds is 3. The van der Waals surface area contributed by atoms with Crippen LogP contribution in [0.25, 0.3) is 0 Å². The number of nitrogens with zero attached hydrogens (tertiary/aromatic N) is 2. The van der Waals surface area contributed by atoms with Crippen molar-refractivity contribution in [3.8, 4) is 0 Å². The van der Waals surface area contributed by atoms with E-state index in [-0.39, 0.29) is 6.42 Å². The Balaban J connectivity index is 3.08. The first-order chi connectivity index (χ1) is 6.06. The molecule has 0 bridgehead atoms. The van der Waals surface area contributed by atoms with E-state index in [9.17, 15) is 4.79 Å². The lowest BCUT2D eigenvalue weighted by atomic mass is 10.1. The van der Waals surface area contributed by atoms with Crippen molar-refractivity contribution in [3.05, 3.63) is 11.3 Å². The van der Waals surface area contributed by atoms with Gasteiger partial charge in [-0.15, -0.1) is 0 Å². The van der Waals surface area contributed by atoms with Crippen LogP contribution in [0.5, 0.6) is 0 Å². The van der Waals surface area contributed by atoms with Crippen LogP contribution in [0.2, 0.25) is 0 Å². The summed E-state index contributed by atoms with van der Waals surface area (Å²) in [6, 6.07) is 0. The fraction of sp³-hybridized carbons (Fsp3) is 0.500. The van der Waals surface area contributed by atoms with Crippen LogP contribution in [0.15, 0.2) is 0 Å². The summed E-state index contributed by atoms with van der Waals surface area (Å²) in [5, 5.41) is 12.7. The Morgan fingerprint density at radius 2 is 2.31 bits per heavy atom. The maximum Gasteiger partial charge on any atom is 0.308 e. The molecule has 0 radical (unpaired) electrons. The number of aliphatic carboxylic acids is 1. The zero-order chi connectivity index (χ0) is 10.0. The van der Waals surface area contributed by atoms with Gasteiger partial charge in [-0.2, -0.15) is 5.10 Å². The zero-order valence-electron chi connectivity index (χ0n) is 7.74. The van der Waals surface area contributed by atoms with Crippen molar-refractivity contribution in [1.29, 1.82) is 0 Å². The van der Waals surface area contributed by atoms with Gasteiger partial charge in [0, 0.05) is 12.6 Å². The molecule has 1 heterocycles. The summed E-state index contributed by atoms with van der Waals surface area (Å²) in [4.78, 5) is 10.5. The van der Waals surface area contributed by atoms with Gasteiger partial charge in [-0.1, -0.05) is 6.92 Å². The van der Waals surface area contributed by atoms with E-state index in [2.05, 4.69) is 5.10 Å². The fourth-order valence-electron chi connectivity index (χ4n) is 1.27. The third kappa shape index (κ3) is 1.80. The fourth-order valence-corrected chi connectivity index (χ4v) is 1.27. The molecule has 0 aliphatic carbocycles. The first kappa shape index (κ1) is 9.57. The van der Waals surface area contributed by atoms with Crippen LogP contribution in [-0.2, 0) is 24.7 Å². The Morgan fingerprint density at radius 3 is 2.77 bits per heavy atom. The molecular weight excluding hydrogens is 170 g/mol. The number of anilines is 1. The van der Waals surface area contributed by atoms with E-state index in [1.54, 1.807) is 7.05 Å². The normalized spacial score (nSPS) is 10.3. The molecule has 0 fully saturated rings. The van der Waals surface area contributed by atoms with Gasteiger partial charge in [0.1, 0.15) is 5.82 Å². The van der Waals surface area contributed by atoms with Crippen LogP contribution in [-0.4, -0.2) is 20.9 Å². The average molecular weight is 183 g/mol. The van der Waals surface area contributed by atoms with Gasteiger partial charge < -0.3 is 10.8 Å². The number of nitrogens with two attached hydrogens (primary N) is 1. The molecule has 0 aromatic carbocycles. The third-order valence-electron chi connectivity index (χ3n) is 1.94. The van der Waals surface area contributed by atoms with E-state index < -0.39 is 5.97 Å². The number of carboxylic acids is 1. The average Bonchev–Trinajstić information content (AvgIpc) is 2.31. The summed E-state index contributed by atoms with van der Waals surface area (Å²) in [5.74, 6) is -0.436. The van der Waals surface area contributed by atoms with Gasteiger partial charge in [-0.3, -0.25) is 9.48 Å². The molecule has 0 atom stereocenters. The smallest absolute Gasteiger partial charge is 0.308 e. The van der Waals surface area contributed by atoms with Crippen molar-refractivity contribution in [2.24, 2.45) is 7.05 Å². The molecule has 13 heavy (non-hydrogen) atoms. The van der Waals surface area contributed by atoms with Crippen LogP contribution >= 0.6 is 0 Å². The quantitative estimate of drug-likeness (QED) is 0.701. The molecule has 0 aliphatic rings. The number of aryl methyl sites for hydroxylation is 2. The maximum absolute atomic E-state index is 10.5. The molecular formula is C8H13N3O2. The van der Waals surface area contributed by atoms with Gasteiger partial charge in [0.05, 0.1) is 12.1 Å². The van der Waals surface area contributed by atoms with Crippen LogP contribution < -0.4 is 5.73 Å². The van der Waals surface area contributed by atoms with Crippen molar-refractivity contribution in [3.63, 3.8) is 0 Å². The van der Waals surface area contributed by atoms with Crippen LogP contribution in [0.1, 0.15) is 18.2 Å². The number of carboxylic acid groups (broad SMARTS) is 1. The standard InChI is InChI=1S/C8H13N3O2/c1-3-6-5(4-7(12)13)8(9)11(2)10-6/h3-4,9H2,1-2H3,(H,12,13). The lowest BCUT2D eigenvalue weighted by Gasteiger charge is -1.97. The minimum Gasteiger partial charge on any atom is -0.481 e. The topological polar surface area (TPSA) is 81.1 Å². The van der Waals surface area contributed by atoms with Gasteiger partial charge in [-0.25, -0.2) is 0 Å². The largest absolute Gasteiger partial charge is 0.481 e. The predicted molar refractivity (Wildman–Crippen MR) is 48.3 cm³/mol. The van der Waals surface area contributed by atoms with Gasteiger partial charge in [-0.05, 0) is 6.42 Å². The number of hydrogen-bond acceptors (Lipinski definition) is 3. The van der Waals surface area contributed by atoms with E-state index in [0.717, 1.165) is 5.69 Å². The second kappa shape index (κ2) is 3.47. The van der Waals surface area contributed by atoms with Gasteiger partial charge in [0.15, 0.2) is 0 Å². The molecule has 1 aromatic heterocycles. The second-order valence-electron chi connectivity index (χ2n) is 2.86. The Hall–Kier alpha value is -1.52. The van der Waals surface area contributed by atoms with E-state index in [1.165, 1.54) is 4.68 Å². The number of carbonyl (C=O) groups is 1. The monoisotopic (exact) mass is 183 g/mol. The molecule has 0 saturated heterocycles. The maximum atomic E-state index is 10.5. The van der Waals surface area contributed by atoms with E-state index >= 15 is 0 Å². The first-order valence-electron chi connectivity index (χ1n) is 4.08. The molecule has 5 nitrogen and oxygen atoms in total. The Kier molecular flexibility index (Phi) is 2.55. The highest BCUT2D eigenvalue weighted by atomic mass is 16.4. The number of hydrogen-bond donors (Lipinski definition) is 2. The van der Waals surface area contributed by atoms with Crippen molar-refractivity contribution >= 4 is 11.8 Å². The molecule has 1 aromatic rings. The number of nitrogen functional groups attached to an aromatic ring is 1. The summed E-state index contributed by atoms with van der Waals surface area (Å²) in [5.41, 5.74) is 7.07. The lowest BCUT2D eigenvalue weighted by molar-refractivity contribution is -0.136. The molecule has 0 amide bonds. The van der Waals surface area contributed by atoms with E-state index in [4.69, 9.17) is 10.8 Å². The summed E-state index contributed by atoms with van der Waals surface area (Å²) < 4.78 is 1.51. The van der Waals surface area contributed by atoms with E-state index in [1.807, 2.05) is 6.92 Å². The van der Waals surface area contributed by atoms with Crippen molar-refractivity contribution in [2.75, 3.05) is 5.73 Å². The molecule has 0 saturated carbocycles. The predicted octanol–water partition coefficient (Wildman–Crippen LogP) is 0.192. The highest BCUT2D eigenvalue weighted by Gasteiger charge is 2.14. The van der Waals surface area contributed by atoms with Gasteiger partial charge in [0.25, 0.3) is 0 Å². The SMILES string of the molecule is CCc1nn(C)c(N)c1CC(=O)O. The van der Waals surface area contributed by atoms with Crippen LogP contribution in [0.3, 0.4) is 0 Å². The second-order valence-corrected chi connectivity index (χ2v) is 2.86. The summed E-state index contributed by atoms with van der Waals surface area (Å²) in [6.45, 7) is 1.92. The Morgan fingerprint density at radius 1 is 1.69 bits per heavy atom. The highest BCUT2D eigenvalue weighted by Crippen LogP contribution is 2.16. The molecule has 1 rings (SSSR count). The lowest BCUT2D eigenvalue weighted by Crippen LogP contribution is -2.05. The first-order valence-corrected chi connectivity index (χ1v) is 4.08. The molecule has 5 heteroatoms. The van der Waals surface area contributed by atoms with Gasteiger partial charge in [0.2, 0.25) is 0 Å². The summed E-state index contributed by atoms with van der Waals surface area (Å²) in [6.07, 6.45) is 0.649. The minimum absolute atomic E-state index is 0.0527. The minimum atomic E-state index is -0.880. The van der Waals surface area contributed by atoms with Gasteiger partial charge >= 0.3 is 5.97 Å². The highest BCUT2D eigenvalue weighted by molar-refractivity contribution is 5.72. The molecule has 0 spiro atoms. The molecule has 3 N–H and O–H groups in total. The number of aromatic nitrogens is 2. The molecule has 0 aliphatic heterocycles. The summed E-state index contributed by atoms with van der Waals surface area (Å²) in [7, 11) is 1.71. The van der Waals surface area contributed by atoms with Crippen molar-refractivity contribution in [2.45, 2.75) is 19.8 Å². The zero-order valence-corrected chi connectivity index (χ0v) is 7.74. The Bertz CT molecular complexity index is 330. The van der Waals surface area contributed by atoms with Crippen molar-refractivity contribution in [1.82, 2.24) is 9.78 Å². The van der Waals surface area contributed by atoms with E-state index in [0.29, 0.717) is 17.8 Å². The summed E-state index contributed by atoms with van der Waals surface area (Å²) >= 11 is 0. The molecule has 72 valence electrons. The molecule has 0 unspecified atom stereocenters.